The number of piperazine rings is 1. The normalized spacial score (nSPS) is 13.4. The molecule has 176 valence electrons. The van der Waals surface area contributed by atoms with Gasteiger partial charge in [0, 0.05) is 45.0 Å². The van der Waals surface area contributed by atoms with Crippen LogP contribution in [0.15, 0.2) is 67.1 Å². The zero-order valence-corrected chi connectivity index (χ0v) is 18.7. The molecule has 0 bridgehead atoms. The molecular weight excluding hydrogens is 436 g/mol. The van der Waals surface area contributed by atoms with Gasteiger partial charge < -0.3 is 24.4 Å². The van der Waals surface area contributed by atoms with Gasteiger partial charge in [-0.3, -0.25) is 9.78 Å². The second kappa shape index (κ2) is 11.1. The van der Waals surface area contributed by atoms with Crippen molar-refractivity contribution in [2.45, 2.75) is 12.8 Å². The van der Waals surface area contributed by atoms with Gasteiger partial charge in [-0.2, -0.15) is 0 Å². The summed E-state index contributed by atoms with van der Waals surface area (Å²) in [5, 5.41) is 8.86. The lowest BCUT2D eigenvalue weighted by molar-refractivity contribution is -0.136. The average Bonchev–Trinajstić information content (AvgIpc) is 2.86. The molecule has 9 nitrogen and oxygen atoms in total. The van der Waals surface area contributed by atoms with E-state index in [2.05, 4.69) is 14.9 Å². The molecular formula is C25H26N4O5. The number of amides is 1. The number of carboxylic acids is 1. The monoisotopic (exact) mass is 462 g/mol. The van der Waals surface area contributed by atoms with E-state index in [1.165, 1.54) is 0 Å². The number of nitrogens with zero attached hydrogens (tertiary/aromatic N) is 4. The van der Waals surface area contributed by atoms with Crippen LogP contribution < -0.4 is 14.4 Å². The summed E-state index contributed by atoms with van der Waals surface area (Å²) in [7, 11) is 0. The summed E-state index contributed by atoms with van der Waals surface area (Å²) in [6.45, 7) is 2.81. The maximum atomic E-state index is 12.6. The van der Waals surface area contributed by atoms with Crippen molar-refractivity contribution in [3.8, 4) is 11.5 Å². The second-order valence-corrected chi connectivity index (χ2v) is 7.87. The van der Waals surface area contributed by atoms with E-state index in [-0.39, 0.29) is 12.5 Å². The van der Waals surface area contributed by atoms with Crippen molar-refractivity contribution >= 4 is 17.9 Å². The first-order valence-electron chi connectivity index (χ1n) is 11.1. The lowest BCUT2D eigenvalue weighted by Crippen LogP contribution is -2.49. The van der Waals surface area contributed by atoms with Crippen molar-refractivity contribution in [2.24, 2.45) is 0 Å². The van der Waals surface area contributed by atoms with Gasteiger partial charge in [-0.1, -0.05) is 18.2 Å². The summed E-state index contributed by atoms with van der Waals surface area (Å²) in [4.78, 5) is 35.5. The van der Waals surface area contributed by atoms with Crippen LogP contribution in [0.5, 0.6) is 11.5 Å². The quantitative estimate of drug-likeness (QED) is 0.545. The Balaban J connectivity index is 1.21. The first-order chi connectivity index (χ1) is 16.6. The zero-order chi connectivity index (χ0) is 23.8. The number of aliphatic carboxylic acids is 1. The zero-order valence-electron chi connectivity index (χ0n) is 18.7. The van der Waals surface area contributed by atoms with Crippen LogP contribution >= 0.6 is 0 Å². The van der Waals surface area contributed by atoms with E-state index in [1.807, 2.05) is 30.3 Å². The second-order valence-electron chi connectivity index (χ2n) is 7.87. The lowest BCUT2D eigenvalue weighted by Gasteiger charge is -2.34. The molecule has 34 heavy (non-hydrogen) atoms. The van der Waals surface area contributed by atoms with E-state index in [4.69, 9.17) is 14.6 Å². The van der Waals surface area contributed by atoms with E-state index in [9.17, 15) is 9.59 Å². The van der Waals surface area contributed by atoms with Crippen LogP contribution in [0.2, 0.25) is 0 Å². The Morgan fingerprint density at radius 2 is 1.68 bits per heavy atom. The maximum absolute atomic E-state index is 12.6. The smallest absolute Gasteiger partial charge is 0.415 e. The predicted molar refractivity (Wildman–Crippen MR) is 125 cm³/mol. The van der Waals surface area contributed by atoms with Crippen molar-refractivity contribution < 1.29 is 24.2 Å². The predicted octanol–water partition coefficient (Wildman–Crippen LogP) is 3.05. The number of carboxylic acid groups (broad SMARTS) is 1. The van der Waals surface area contributed by atoms with Gasteiger partial charge in [0.1, 0.15) is 17.3 Å². The third-order valence-corrected chi connectivity index (χ3v) is 5.45. The SMILES string of the molecule is O=C(O)Cc1ccc(N2CCN(C(=O)Oc3ccc(CCOc4cccnc4)cc3)CC2)nc1. The molecule has 1 aliphatic rings. The van der Waals surface area contributed by atoms with Crippen molar-refractivity contribution in [3.63, 3.8) is 0 Å². The van der Waals surface area contributed by atoms with Gasteiger partial charge in [0.15, 0.2) is 0 Å². The Kier molecular flexibility index (Phi) is 7.54. The lowest BCUT2D eigenvalue weighted by atomic mass is 10.1. The molecule has 2 aromatic heterocycles. The van der Waals surface area contributed by atoms with Gasteiger partial charge in [0.2, 0.25) is 0 Å². The molecule has 1 N–H and O–H groups in total. The molecule has 4 rings (SSSR count). The molecule has 0 atom stereocenters. The Morgan fingerprint density at radius 1 is 0.912 bits per heavy atom. The Morgan fingerprint density at radius 3 is 2.32 bits per heavy atom. The fraction of sp³-hybridized carbons (Fsp3) is 0.280. The summed E-state index contributed by atoms with van der Waals surface area (Å²) < 4.78 is 11.2. The van der Waals surface area contributed by atoms with E-state index < -0.39 is 5.97 Å². The first kappa shape index (κ1) is 23.0. The number of ether oxygens (including phenoxy) is 2. The first-order valence-corrected chi connectivity index (χ1v) is 11.1. The van der Waals surface area contributed by atoms with Gasteiger partial charge >= 0.3 is 12.1 Å². The molecule has 1 aliphatic heterocycles. The molecule has 0 aliphatic carbocycles. The largest absolute Gasteiger partial charge is 0.492 e. The molecule has 3 aromatic rings. The summed E-state index contributed by atoms with van der Waals surface area (Å²) in [5.74, 6) is 1.12. The third-order valence-electron chi connectivity index (χ3n) is 5.45. The number of rotatable bonds is 8. The van der Waals surface area contributed by atoms with E-state index >= 15 is 0 Å². The highest BCUT2D eigenvalue weighted by Crippen LogP contribution is 2.18. The van der Waals surface area contributed by atoms with E-state index in [1.54, 1.807) is 41.7 Å². The van der Waals surface area contributed by atoms with Crippen LogP contribution in [0.3, 0.4) is 0 Å². The number of benzene rings is 1. The minimum Gasteiger partial charge on any atom is -0.492 e. The van der Waals surface area contributed by atoms with Crippen LogP contribution in [-0.2, 0) is 17.6 Å². The minimum atomic E-state index is -0.883. The molecule has 0 spiro atoms. The van der Waals surface area contributed by atoms with Crippen LogP contribution in [0.25, 0.3) is 0 Å². The minimum absolute atomic E-state index is 0.0486. The van der Waals surface area contributed by atoms with Crippen molar-refractivity contribution in [1.82, 2.24) is 14.9 Å². The highest BCUT2D eigenvalue weighted by Gasteiger charge is 2.23. The number of aromatic nitrogens is 2. The van der Waals surface area contributed by atoms with Gasteiger partial charge in [-0.25, -0.2) is 9.78 Å². The highest BCUT2D eigenvalue weighted by atomic mass is 16.6. The summed E-state index contributed by atoms with van der Waals surface area (Å²) in [6, 6.07) is 14.7. The number of pyridine rings is 2. The molecule has 0 saturated carbocycles. The Bertz CT molecular complexity index is 1080. The number of hydrogen-bond acceptors (Lipinski definition) is 7. The van der Waals surface area contributed by atoms with E-state index in [0.29, 0.717) is 44.1 Å². The topological polar surface area (TPSA) is 105 Å². The van der Waals surface area contributed by atoms with Crippen LogP contribution in [0.1, 0.15) is 11.1 Å². The van der Waals surface area contributed by atoms with Gasteiger partial charge in [-0.05, 0) is 41.5 Å². The van der Waals surface area contributed by atoms with Crippen molar-refractivity contribution in [2.75, 3.05) is 37.7 Å². The molecule has 3 heterocycles. The molecule has 0 radical (unpaired) electrons. The number of hydrogen-bond donors (Lipinski definition) is 1. The molecule has 1 aromatic carbocycles. The molecule has 9 heteroatoms. The van der Waals surface area contributed by atoms with Gasteiger partial charge in [0.25, 0.3) is 0 Å². The number of carbonyl (C=O) groups excluding carboxylic acids is 1. The molecule has 1 saturated heterocycles. The summed E-state index contributed by atoms with van der Waals surface area (Å²) in [6.07, 6.45) is 5.27. The summed E-state index contributed by atoms with van der Waals surface area (Å²) in [5.41, 5.74) is 1.74. The number of carbonyl (C=O) groups is 2. The standard InChI is InChI=1S/C25H26N4O5/c30-24(31)16-20-5-8-23(27-17-20)28-11-13-29(14-12-28)25(32)34-21-6-3-19(4-7-21)9-15-33-22-2-1-10-26-18-22/h1-8,10,17-18H,9,11-16H2,(H,30,31). The van der Waals surface area contributed by atoms with Crippen LogP contribution in [0.4, 0.5) is 10.6 Å². The molecule has 1 amide bonds. The fourth-order valence-electron chi connectivity index (χ4n) is 3.61. The molecule has 0 unspecified atom stereocenters. The highest BCUT2D eigenvalue weighted by molar-refractivity contribution is 5.71. The number of anilines is 1. The van der Waals surface area contributed by atoms with Gasteiger partial charge in [0.05, 0.1) is 19.2 Å². The Hall–Kier alpha value is -4.14. The van der Waals surface area contributed by atoms with Crippen LogP contribution in [-0.4, -0.2) is 64.8 Å². The maximum Gasteiger partial charge on any atom is 0.415 e. The summed E-state index contributed by atoms with van der Waals surface area (Å²) >= 11 is 0. The van der Waals surface area contributed by atoms with Crippen molar-refractivity contribution in [3.05, 3.63) is 78.2 Å². The average molecular weight is 463 g/mol. The van der Waals surface area contributed by atoms with Crippen LogP contribution in [0, 0.1) is 0 Å². The Labute approximate surface area is 197 Å². The third kappa shape index (κ3) is 6.44. The van der Waals surface area contributed by atoms with Gasteiger partial charge in [-0.15, -0.1) is 0 Å². The van der Waals surface area contributed by atoms with Crippen molar-refractivity contribution in [1.29, 1.82) is 0 Å². The van der Waals surface area contributed by atoms with E-state index in [0.717, 1.165) is 23.6 Å². The molecule has 1 fully saturated rings. The fourth-order valence-corrected chi connectivity index (χ4v) is 3.61.